The molecule has 0 saturated carbocycles. The Balaban J connectivity index is 0.000000251. The summed E-state index contributed by atoms with van der Waals surface area (Å²) >= 11 is 0. The third-order valence-corrected chi connectivity index (χ3v) is 12.7. The van der Waals surface area contributed by atoms with Gasteiger partial charge in [0.2, 0.25) is 29.7 Å². The fraction of sp³-hybridized carbons (Fsp3) is 0.0698. The van der Waals surface area contributed by atoms with Gasteiger partial charge < -0.3 is 5.73 Å². The zero-order valence-electron chi connectivity index (χ0n) is 30.5. The zero-order valence-corrected chi connectivity index (χ0v) is 33.8. The van der Waals surface area contributed by atoms with Gasteiger partial charge >= 0.3 is 0 Å². The molecule has 0 atom stereocenters. The molecule has 14 heteroatoms. The summed E-state index contributed by atoms with van der Waals surface area (Å²) in [5.41, 5.74) is 9.92. The topological polar surface area (TPSA) is 140 Å². The quantitative estimate of drug-likeness (QED) is 0.118. The van der Waals surface area contributed by atoms with E-state index in [1.807, 2.05) is 12.2 Å². The van der Waals surface area contributed by atoms with Crippen molar-refractivity contribution >= 4 is 66.4 Å². The van der Waals surface area contributed by atoms with Gasteiger partial charge in [-0.3, -0.25) is 0 Å². The molecule has 6 aromatic carbocycles. The second-order valence-corrected chi connectivity index (χ2v) is 18.1. The standard InChI is InChI=1S/C22H20FNO4S2.C21H18FNO2S.ClH/c1-29(25,26)24-16-19-4-2-3-5-22(19)30(27,28)21-14-10-18(11-15-21)7-6-17-8-12-20(23)13-9-17;22-19-11-7-16(8-12-19)5-6-17-9-13-20(14-10-17)26(24,25)21-4-2-1-3-18(21)15-23;/h2-15,24H,16H2,1H3;1-14H,15,23H2;1H/b7-6+;6-5+;. The third kappa shape index (κ3) is 12.4. The number of sulfonamides is 1. The van der Waals surface area contributed by atoms with E-state index in [2.05, 4.69) is 4.72 Å². The Bertz CT molecular complexity index is 2670. The number of hydrogen-bond acceptors (Lipinski definition) is 7. The van der Waals surface area contributed by atoms with Crippen molar-refractivity contribution in [1.82, 2.24) is 4.72 Å². The summed E-state index contributed by atoms with van der Waals surface area (Å²) in [6, 6.07) is 38.1. The van der Waals surface area contributed by atoms with Gasteiger partial charge in [0, 0.05) is 13.1 Å². The van der Waals surface area contributed by atoms with Crippen LogP contribution in [0.3, 0.4) is 0 Å². The summed E-state index contributed by atoms with van der Waals surface area (Å²) in [5.74, 6) is -0.594. The van der Waals surface area contributed by atoms with E-state index >= 15 is 0 Å². The lowest BCUT2D eigenvalue weighted by Gasteiger charge is -2.11. The Morgan fingerprint density at radius 2 is 0.807 bits per heavy atom. The molecule has 6 rings (SSSR count). The summed E-state index contributed by atoms with van der Waals surface area (Å²) in [7, 11) is -10.9. The predicted octanol–water partition coefficient (Wildman–Crippen LogP) is 8.59. The Morgan fingerprint density at radius 3 is 1.16 bits per heavy atom. The highest BCUT2D eigenvalue weighted by atomic mass is 35.5. The van der Waals surface area contributed by atoms with Crippen LogP contribution in [0.5, 0.6) is 0 Å². The fourth-order valence-electron chi connectivity index (χ4n) is 5.36. The number of benzene rings is 6. The minimum Gasteiger partial charge on any atom is -0.326 e. The molecule has 0 spiro atoms. The van der Waals surface area contributed by atoms with Crippen molar-refractivity contribution in [1.29, 1.82) is 0 Å². The average molecular weight is 849 g/mol. The SMILES string of the molecule is CS(=O)(=O)NCc1ccccc1S(=O)(=O)c1ccc(/C=C/c2ccc(F)cc2)cc1.Cl.NCc1ccccc1S(=O)(=O)c1ccc(/C=C/c2ccc(F)cc2)cc1. The summed E-state index contributed by atoms with van der Waals surface area (Å²) < 4.78 is 103. The molecule has 0 aliphatic carbocycles. The first-order chi connectivity index (χ1) is 26.7. The van der Waals surface area contributed by atoms with Gasteiger partial charge in [-0.25, -0.2) is 38.8 Å². The highest BCUT2D eigenvalue weighted by Gasteiger charge is 2.22. The van der Waals surface area contributed by atoms with E-state index in [9.17, 15) is 34.0 Å². The van der Waals surface area contributed by atoms with E-state index in [1.54, 1.807) is 115 Å². The molecule has 0 aliphatic rings. The van der Waals surface area contributed by atoms with Crippen LogP contribution in [-0.4, -0.2) is 31.5 Å². The van der Waals surface area contributed by atoms with Crippen LogP contribution < -0.4 is 10.5 Å². The Morgan fingerprint density at radius 1 is 0.491 bits per heavy atom. The summed E-state index contributed by atoms with van der Waals surface area (Å²) in [4.78, 5) is 0.610. The molecule has 0 aliphatic heterocycles. The molecule has 0 saturated heterocycles. The molecule has 6 aromatic rings. The molecule has 0 fully saturated rings. The summed E-state index contributed by atoms with van der Waals surface area (Å²) in [6.07, 6.45) is 8.30. The van der Waals surface area contributed by atoms with Gasteiger partial charge in [0.05, 0.1) is 25.8 Å². The minimum atomic E-state index is -3.83. The third-order valence-electron chi connectivity index (χ3n) is 8.33. The number of halogens is 3. The van der Waals surface area contributed by atoms with Crippen LogP contribution in [-0.2, 0) is 42.8 Å². The molecule has 0 unspecified atom stereocenters. The first-order valence-corrected chi connectivity index (χ1v) is 21.9. The van der Waals surface area contributed by atoms with E-state index in [0.717, 1.165) is 28.5 Å². The minimum absolute atomic E-state index is 0. The van der Waals surface area contributed by atoms with Crippen LogP contribution in [0.2, 0.25) is 0 Å². The van der Waals surface area contributed by atoms with Crippen LogP contribution in [0.25, 0.3) is 24.3 Å². The fourth-order valence-corrected chi connectivity index (χ4v) is 8.77. The van der Waals surface area contributed by atoms with E-state index < -0.39 is 29.7 Å². The first kappa shape index (κ1) is 44.4. The van der Waals surface area contributed by atoms with E-state index in [4.69, 9.17) is 5.73 Å². The maximum atomic E-state index is 13.1. The van der Waals surface area contributed by atoms with E-state index in [1.165, 1.54) is 42.5 Å². The molecule has 0 aromatic heterocycles. The van der Waals surface area contributed by atoms with Gasteiger partial charge in [-0.15, -0.1) is 12.4 Å². The van der Waals surface area contributed by atoms with Crippen LogP contribution in [0.1, 0.15) is 33.4 Å². The summed E-state index contributed by atoms with van der Waals surface area (Å²) in [6.45, 7) is 0.0423. The molecule has 0 amide bonds. The Kier molecular flexibility index (Phi) is 15.4. The van der Waals surface area contributed by atoms with Crippen molar-refractivity contribution in [2.45, 2.75) is 32.7 Å². The molecule has 0 bridgehead atoms. The first-order valence-electron chi connectivity index (χ1n) is 17.0. The van der Waals surface area contributed by atoms with Crippen molar-refractivity contribution in [3.05, 3.63) is 191 Å². The second kappa shape index (κ2) is 19.7. The van der Waals surface area contributed by atoms with Crippen molar-refractivity contribution in [2.75, 3.05) is 6.26 Å². The molecule has 3 N–H and O–H groups in total. The van der Waals surface area contributed by atoms with Gasteiger partial charge in [0.1, 0.15) is 11.6 Å². The van der Waals surface area contributed by atoms with Crippen LogP contribution in [0, 0.1) is 11.6 Å². The Hall–Kier alpha value is -5.28. The van der Waals surface area contributed by atoms with Crippen molar-refractivity contribution in [2.24, 2.45) is 5.73 Å². The smallest absolute Gasteiger partial charge is 0.209 e. The molecular weight excluding hydrogens is 810 g/mol. The highest BCUT2D eigenvalue weighted by molar-refractivity contribution is 7.92. The number of hydrogen-bond donors (Lipinski definition) is 2. The second-order valence-electron chi connectivity index (χ2n) is 12.4. The lowest BCUT2D eigenvalue weighted by atomic mass is 10.1. The predicted molar refractivity (Wildman–Crippen MR) is 224 cm³/mol. The normalized spacial score (nSPS) is 11.9. The number of nitrogens with one attached hydrogen (secondary N) is 1. The number of sulfone groups is 2. The van der Waals surface area contributed by atoms with Crippen molar-refractivity contribution in [3.8, 4) is 0 Å². The number of nitrogens with two attached hydrogens (primary N) is 1. The highest BCUT2D eigenvalue weighted by Crippen LogP contribution is 2.26. The van der Waals surface area contributed by atoms with E-state index in [0.29, 0.717) is 11.1 Å². The van der Waals surface area contributed by atoms with Gasteiger partial charge in [-0.2, -0.15) is 0 Å². The summed E-state index contributed by atoms with van der Waals surface area (Å²) in [5, 5.41) is 0. The van der Waals surface area contributed by atoms with Crippen LogP contribution in [0.15, 0.2) is 165 Å². The average Bonchev–Trinajstić information content (AvgIpc) is 3.20. The lowest BCUT2D eigenvalue weighted by molar-refractivity contribution is 0.583. The monoisotopic (exact) mass is 848 g/mol. The zero-order chi connectivity index (χ0) is 40.3. The van der Waals surface area contributed by atoms with Crippen molar-refractivity contribution < 1.29 is 34.0 Å². The van der Waals surface area contributed by atoms with Gasteiger partial charge in [0.25, 0.3) is 0 Å². The maximum absolute atomic E-state index is 13.1. The van der Waals surface area contributed by atoms with Crippen molar-refractivity contribution in [3.63, 3.8) is 0 Å². The molecular formula is C43H39ClF2N2O6S3. The van der Waals surface area contributed by atoms with Gasteiger partial charge in [-0.1, -0.05) is 109 Å². The van der Waals surface area contributed by atoms with Gasteiger partial charge in [0.15, 0.2) is 0 Å². The van der Waals surface area contributed by atoms with Gasteiger partial charge in [-0.05, 0) is 94.0 Å². The van der Waals surface area contributed by atoms with Crippen LogP contribution >= 0.6 is 12.4 Å². The molecule has 0 radical (unpaired) electrons. The molecule has 296 valence electrons. The lowest BCUT2D eigenvalue weighted by Crippen LogP contribution is -2.22. The van der Waals surface area contributed by atoms with Crippen LogP contribution in [0.4, 0.5) is 8.78 Å². The maximum Gasteiger partial charge on any atom is 0.209 e. The largest absolute Gasteiger partial charge is 0.326 e. The molecule has 0 heterocycles. The molecule has 57 heavy (non-hydrogen) atoms. The Labute approximate surface area is 338 Å². The number of rotatable bonds is 12. The molecule has 8 nitrogen and oxygen atoms in total. The van der Waals surface area contributed by atoms with E-state index in [-0.39, 0.29) is 56.7 Å².